The lowest BCUT2D eigenvalue weighted by molar-refractivity contribution is -0.118. The van der Waals surface area contributed by atoms with Crippen molar-refractivity contribution in [1.82, 2.24) is 4.90 Å². The highest BCUT2D eigenvalue weighted by molar-refractivity contribution is 5.95. The van der Waals surface area contributed by atoms with Crippen LogP contribution in [0.4, 0.5) is 11.4 Å². The zero-order chi connectivity index (χ0) is 15.2. The third kappa shape index (κ3) is 3.97. The van der Waals surface area contributed by atoms with Crippen molar-refractivity contribution in [3.05, 3.63) is 24.3 Å². The number of para-hydroxylation sites is 2. The van der Waals surface area contributed by atoms with E-state index in [9.17, 15) is 4.79 Å². The third-order valence-electron chi connectivity index (χ3n) is 4.00. The number of hydrogen-bond donors (Lipinski definition) is 1. The van der Waals surface area contributed by atoms with Gasteiger partial charge in [-0.1, -0.05) is 12.1 Å². The predicted octanol–water partition coefficient (Wildman–Crippen LogP) is 0.794. The second kappa shape index (κ2) is 7.58. The average molecular weight is 305 g/mol. The van der Waals surface area contributed by atoms with Gasteiger partial charge in [-0.25, -0.2) is 0 Å². The van der Waals surface area contributed by atoms with Crippen molar-refractivity contribution in [3.8, 4) is 0 Å². The smallest absolute Gasteiger partial charge is 0.238 e. The van der Waals surface area contributed by atoms with Crippen LogP contribution in [0.2, 0.25) is 0 Å². The van der Waals surface area contributed by atoms with Crippen LogP contribution in [0.1, 0.15) is 0 Å². The Bertz CT molecular complexity index is 497. The van der Waals surface area contributed by atoms with Crippen molar-refractivity contribution in [3.63, 3.8) is 0 Å². The van der Waals surface area contributed by atoms with Crippen LogP contribution < -0.4 is 10.2 Å². The molecule has 0 radical (unpaired) electrons. The molecule has 2 aliphatic rings. The zero-order valence-corrected chi connectivity index (χ0v) is 12.8. The highest BCUT2D eigenvalue weighted by atomic mass is 16.5. The largest absolute Gasteiger partial charge is 0.379 e. The quantitative estimate of drug-likeness (QED) is 0.891. The number of nitrogens with one attached hydrogen (secondary N) is 1. The fraction of sp³-hybridized carbons (Fsp3) is 0.562. The van der Waals surface area contributed by atoms with Gasteiger partial charge in [0, 0.05) is 26.2 Å². The van der Waals surface area contributed by atoms with Crippen LogP contribution in [-0.2, 0) is 14.3 Å². The number of amides is 1. The molecule has 0 aliphatic carbocycles. The van der Waals surface area contributed by atoms with Crippen molar-refractivity contribution >= 4 is 17.3 Å². The molecule has 1 amide bonds. The van der Waals surface area contributed by atoms with E-state index in [1.165, 1.54) is 0 Å². The summed E-state index contributed by atoms with van der Waals surface area (Å²) in [5, 5.41) is 3.05. The van der Waals surface area contributed by atoms with Gasteiger partial charge in [-0.2, -0.15) is 0 Å². The van der Waals surface area contributed by atoms with E-state index < -0.39 is 0 Å². The van der Waals surface area contributed by atoms with Crippen molar-refractivity contribution in [2.75, 3.05) is 69.4 Å². The van der Waals surface area contributed by atoms with E-state index in [-0.39, 0.29) is 5.91 Å². The van der Waals surface area contributed by atoms with E-state index in [2.05, 4.69) is 21.2 Å². The lowest BCUT2D eigenvalue weighted by Gasteiger charge is -2.31. The molecule has 1 aromatic rings. The van der Waals surface area contributed by atoms with Crippen molar-refractivity contribution in [1.29, 1.82) is 0 Å². The summed E-state index contributed by atoms with van der Waals surface area (Å²) in [5.41, 5.74) is 1.95. The average Bonchev–Trinajstić information content (AvgIpc) is 2.57. The lowest BCUT2D eigenvalue weighted by atomic mass is 10.2. The van der Waals surface area contributed by atoms with E-state index in [0.717, 1.165) is 50.8 Å². The Morgan fingerprint density at radius 1 is 1.00 bits per heavy atom. The minimum atomic E-state index is 0.0302. The van der Waals surface area contributed by atoms with E-state index in [4.69, 9.17) is 9.47 Å². The number of nitrogens with zero attached hydrogens (tertiary/aromatic N) is 2. The fourth-order valence-corrected chi connectivity index (χ4v) is 2.81. The Labute approximate surface area is 131 Å². The number of benzene rings is 1. The number of carbonyl (C=O) groups excluding carboxylic acids is 1. The maximum absolute atomic E-state index is 12.3. The molecule has 22 heavy (non-hydrogen) atoms. The molecule has 0 bridgehead atoms. The number of anilines is 2. The van der Waals surface area contributed by atoms with Gasteiger partial charge in [0.1, 0.15) is 0 Å². The van der Waals surface area contributed by atoms with E-state index in [1.54, 1.807) is 0 Å². The first-order valence-corrected chi connectivity index (χ1v) is 7.84. The highest BCUT2D eigenvalue weighted by Crippen LogP contribution is 2.26. The molecule has 1 aromatic carbocycles. The predicted molar refractivity (Wildman–Crippen MR) is 85.4 cm³/mol. The SMILES string of the molecule is O=C(CN1CCOCC1)Nc1ccccc1N1CCOCC1. The molecule has 0 atom stereocenters. The molecule has 6 nitrogen and oxygen atoms in total. The minimum absolute atomic E-state index is 0.0302. The maximum atomic E-state index is 12.3. The summed E-state index contributed by atoms with van der Waals surface area (Å²) in [6, 6.07) is 7.97. The van der Waals surface area contributed by atoms with Crippen LogP contribution in [0.25, 0.3) is 0 Å². The number of morpholine rings is 2. The first-order chi connectivity index (χ1) is 10.8. The number of ether oxygens (including phenoxy) is 2. The monoisotopic (exact) mass is 305 g/mol. The molecule has 3 rings (SSSR count). The van der Waals surface area contributed by atoms with Gasteiger partial charge in [0.2, 0.25) is 5.91 Å². The zero-order valence-electron chi connectivity index (χ0n) is 12.8. The van der Waals surface area contributed by atoms with Gasteiger partial charge in [0.05, 0.1) is 44.3 Å². The van der Waals surface area contributed by atoms with Crippen molar-refractivity contribution in [2.45, 2.75) is 0 Å². The van der Waals surface area contributed by atoms with E-state index in [0.29, 0.717) is 19.8 Å². The van der Waals surface area contributed by atoms with E-state index in [1.807, 2.05) is 18.2 Å². The Morgan fingerprint density at radius 2 is 1.64 bits per heavy atom. The first-order valence-electron chi connectivity index (χ1n) is 7.84. The number of carbonyl (C=O) groups is 1. The molecular formula is C16H23N3O3. The Balaban J connectivity index is 1.62. The molecule has 6 heteroatoms. The van der Waals surface area contributed by atoms with E-state index >= 15 is 0 Å². The molecule has 1 N–H and O–H groups in total. The third-order valence-corrected chi connectivity index (χ3v) is 4.00. The fourth-order valence-electron chi connectivity index (χ4n) is 2.81. The topological polar surface area (TPSA) is 54.0 Å². The van der Waals surface area contributed by atoms with Gasteiger partial charge in [0.15, 0.2) is 0 Å². The molecule has 0 spiro atoms. The van der Waals surface area contributed by atoms with Crippen LogP contribution in [0.3, 0.4) is 0 Å². The summed E-state index contributed by atoms with van der Waals surface area (Å²) >= 11 is 0. The molecule has 0 saturated carbocycles. The molecule has 2 saturated heterocycles. The molecule has 2 heterocycles. The Kier molecular flexibility index (Phi) is 5.26. The van der Waals surface area contributed by atoms with Crippen LogP contribution >= 0.6 is 0 Å². The summed E-state index contributed by atoms with van der Waals surface area (Å²) in [5.74, 6) is 0.0302. The molecular weight excluding hydrogens is 282 g/mol. The summed E-state index contributed by atoms with van der Waals surface area (Å²) in [7, 11) is 0. The molecule has 2 fully saturated rings. The van der Waals surface area contributed by atoms with Gasteiger partial charge in [-0.3, -0.25) is 9.69 Å². The van der Waals surface area contributed by atoms with Gasteiger partial charge in [0.25, 0.3) is 0 Å². The van der Waals surface area contributed by atoms with Gasteiger partial charge < -0.3 is 19.7 Å². The normalized spacial score (nSPS) is 19.9. The van der Waals surface area contributed by atoms with Gasteiger partial charge in [-0.05, 0) is 12.1 Å². The van der Waals surface area contributed by atoms with Crippen molar-refractivity contribution in [2.24, 2.45) is 0 Å². The minimum Gasteiger partial charge on any atom is -0.379 e. The van der Waals surface area contributed by atoms with Crippen molar-refractivity contribution < 1.29 is 14.3 Å². The molecule has 0 unspecified atom stereocenters. The maximum Gasteiger partial charge on any atom is 0.238 e. The molecule has 2 aliphatic heterocycles. The Hall–Kier alpha value is -1.63. The highest BCUT2D eigenvalue weighted by Gasteiger charge is 2.18. The lowest BCUT2D eigenvalue weighted by Crippen LogP contribution is -2.41. The van der Waals surface area contributed by atoms with Gasteiger partial charge >= 0.3 is 0 Å². The molecule has 120 valence electrons. The Morgan fingerprint density at radius 3 is 2.36 bits per heavy atom. The van der Waals surface area contributed by atoms with Crippen LogP contribution in [0, 0.1) is 0 Å². The standard InChI is InChI=1S/C16H23N3O3/c20-16(13-18-5-9-21-10-6-18)17-14-3-1-2-4-15(14)19-7-11-22-12-8-19/h1-4H,5-13H2,(H,17,20). The summed E-state index contributed by atoms with van der Waals surface area (Å²) in [6.45, 7) is 6.64. The van der Waals surface area contributed by atoms with Gasteiger partial charge in [-0.15, -0.1) is 0 Å². The second-order valence-corrected chi connectivity index (χ2v) is 5.55. The van der Waals surface area contributed by atoms with Crippen LogP contribution in [0.5, 0.6) is 0 Å². The van der Waals surface area contributed by atoms with Crippen LogP contribution in [-0.4, -0.2) is 70.0 Å². The number of rotatable bonds is 4. The summed E-state index contributed by atoms with van der Waals surface area (Å²) in [4.78, 5) is 16.7. The number of hydrogen-bond acceptors (Lipinski definition) is 5. The second-order valence-electron chi connectivity index (χ2n) is 5.55. The summed E-state index contributed by atoms with van der Waals surface area (Å²) in [6.07, 6.45) is 0. The summed E-state index contributed by atoms with van der Waals surface area (Å²) < 4.78 is 10.7. The molecule has 0 aromatic heterocycles. The van der Waals surface area contributed by atoms with Crippen LogP contribution in [0.15, 0.2) is 24.3 Å². The first kappa shape index (κ1) is 15.3.